The summed E-state index contributed by atoms with van der Waals surface area (Å²) < 4.78 is 11.7. The SMILES string of the molecule is CCCCSc1nnc(NC(=O)COc2ccc(OCC)cc2)s1. The van der Waals surface area contributed by atoms with E-state index in [1.165, 1.54) is 11.3 Å². The number of aromatic nitrogens is 2. The van der Waals surface area contributed by atoms with Crippen molar-refractivity contribution in [2.24, 2.45) is 0 Å². The van der Waals surface area contributed by atoms with Gasteiger partial charge in [-0.1, -0.05) is 36.4 Å². The Balaban J connectivity index is 1.74. The maximum atomic E-state index is 11.9. The maximum Gasteiger partial charge on any atom is 0.264 e. The Kier molecular flexibility index (Phi) is 7.84. The average molecular weight is 367 g/mol. The lowest BCUT2D eigenvalue weighted by Gasteiger charge is -2.07. The number of unbranched alkanes of at least 4 members (excludes halogenated alkanes) is 1. The van der Waals surface area contributed by atoms with Crippen molar-refractivity contribution in [3.8, 4) is 11.5 Å². The molecule has 0 saturated carbocycles. The van der Waals surface area contributed by atoms with Gasteiger partial charge in [-0.3, -0.25) is 10.1 Å². The molecule has 0 unspecified atom stereocenters. The lowest BCUT2D eigenvalue weighted by atomic mass is 10.3. The first-order valence-corrected chi connectivity index (χ1v) is 9.63. The summed E-state index contributed by atoms with van der Waals surface area (Å²) in [5, 5.41) is 11.2. The molecule has 8 heteroatoms. The van der Waals surface area contributed by atoms with Gasteiger partial charge in [-0.15, -0.1) is 10.2 Å². The van der Waals surface area contributed by atoms with Gasteiger partial charge in [0.1, 0.15) is 11.5 Å². The summed E-state index contributed by atoms with van der Waals surface area (Å²) in [6.45, 7) is 4.61. The Morgan fingerprint density at radius 3 is 2.54 bits per heavy atom. The van der Waals surface area contributed by atoms with E-state index in [1.54, 1.807) is 36.0 Å². The quantitative estimate of drug-likeness (QED) is 0.391. The number of thioether (sulfide) groups is 1. The molecule has 2 rings (SSSR count). The van der Waals surface area contributed by atoms with Crippen molar-refractivity contribution in [1.29, 1.82) is 0 Å². The first-order chi connectivity index (χ1) is 11.7. The molecule has 0 saturated heterocycles. The van der Waals surface area contributed by atoms with Gasteiger partial charge in [-0.05, 0) is 37.6 Å². The monoisotopic (exact) mass is 367 g/mol. The van der Waals surface area contributed by atoms with E-state index in [4.69, 9.17) is 9.47 Å². The fraction of sp³-hybridized carbons (Fsp3) is 0.438. The minimum atomic E-state index is -0.259. The molecule has 24 heavy (non-hydrogen) atoms. The fourth-order valence-corrected chi connectivity index (χ4v) is 3.65. The number of rotatable bonds is 10. The van der Waals surface area contributed by atoms with Crippen molar-refractivity contribution in [3.05, 3.63) is 24.3 Å². The normalized spacial score (nSPS) is 10.4. The molecule has 130 valence electrons. The van der Waals surface area contributed by atoms with Gasteiger partial charge in [0.15, 0.2) is 10.9 Å². The second-order valence-corrected chi connectivity index (χ2v) is 7.14. The Labute approximate surface area is 150 Å². The summed E-state index contributed by atoms with van der Waals surface area (Å²) in [6.07, 6.45) is 2.29. The van der Waals surface area contributed by atoms with Crippen molar-refractivity contribution in [2.45, 2.75) is 31.0 Å². The van der Waals surface area contributed by atoms with Crippen LogP contribution in [0.15, 0.2) is 28.6 Å². The zero-order chi connectivity index (χ0) is 17.2. The van der Waals surface area contributed by atoms with E-state index >= 15 is 0 Å². The largest absolute Gasteiger partial charge is 0.494 e. The number of nitrogens with one attached hydrogen (secondary N) is 1. The van der Waals surface area contributed by atoms with E-state index < -0.39 is 0 Å². The predicted molar refractivity (Wildman–Crippen MR) is 97.3 cm³/mol. The second-order valence-electron chi connectivity index (χ2n) is 4.82. The summed E-state index contributed by atoms with van der Waals surface area (Å²) in [5.41, 5.74) is 0. The topological polar surface area (TPSA) is 73.3 Å². The number of hydrogen-bond acceptors (Lipinski definition) is 7. The number of carbonyl (C=O) groups excluding carboxylic acids is 1. The molecule has 1 aromatic carbocycles. The standard InChI is InChI=1S/C16H21N3O3S2/c1-3-5-10-23-16-19-18-15(24-16)17-14(20)11-22-13-8-6-12(7-9-13)21-4-2/h6-9H,3-5,10-11H2,1-2H3,(H,17,18,20). The van der Waals surface area contributed by atoms with Gasteiger partial charge in [-0.2, -0.15) is 0 Å². The fourth-order valence-electron chi connectivity index (χ4n) is 1.73. The molecule has 6 nitrogen and oxygen atoms in total. The van der Waals surface area contributed by atoms with Crippen LogP contribution in [-0.4, -0.2) is 35.1 Å². The molecule has 1 heterocycles. The minimum Gasteiger partial charge on any atom is -0.494 e. The van der Waals surface area contributed by atoms with Crippen LogP contribution in [0.25, 0.3) is 0 Å². The maximum absolute atomic E-state index is 11.9. The molecule has 0 fully saturated rings. The Bertz CT molecular complexity index is 632. The number of amides is 1. The summed E-state index contributed by atoms with van der Waals surface area (Å²) >= 11 is 3.04. The lowest BCUT2D eigenvalue weighted by Crippen LogP contribution is -2.20. The van der Waals surface area contributed by atoms with E-state index in [0.29, 0.717) is 17.5 Å². The van der Waals surface area contributed by atoms with Gasteiger partial charge < -0.3 is 9.47 Å². The summed E-state index contributed by atoms with van der Waals surface area (Å²) in [7, 11) is 0. The Hall–Kier alpha value is -1.80. The van der Waals surface area contributed by atoms with Crippen LogP contribution in [0, 0.1) is 0 Å². The summed E-state index contributed by atoms with van der Waals surface area (Å²) in [5.74, 6) is 2.14. The molecule has 0 aliphatic heterocycles. The second kappa shape index (κ2) is 10.1. The van der Waals surface area contributed by atoms with Gasteiger partial charge in [-0.25, -0.2) is 0 Å². The van der Waals surface area contributed by atoms with E-state index in [2.05, 4.69) is 22.4 Å². The molecular weight excluding hydrogens is 346 g/mol. The molecule has 1 N–H and O–H groups in total. The Morgan fingerprint density at radius 2 is 1.88 bits per heavy atom. The molecule has 0 atom stereocenters. The van der Waals surface area contributed by atoms with Crippen molar-refractivity contribution in [1.82, 2.24) is 10.2 Å². The van der Waals surface area contributed by atoms with Crippen LogP contribution in [0.3, 0.4) is 0 Å². The van der Waals surface area contributed by atoms with E-state index in [0.717, 1.165) is 28.7 Å². The molecular formula is C16H21N3O3S2. The van der Waals surface area contributed by atoms with Gasteiger partial charge in [0, 0.05) is 5.75 Å². The first kappa shape index (κ1) is 18.5. The summed E-state index contributed by atoms with van der Waals surface area (Å²) in [6, 6.07) is 7.15. The highest BCUT2D eigenvalue weighted by Crippen LogP contribution is 2.26. The third-order valence-electron chi connectivity index (χ3n) is 2.88. The highest BCUT2D eigenvalue weighted by molar-refractivity contribution is 8.01. The number of anilines is 1. The van der Waals surface area contributed by atoms with E-state index in [1.807, 2.05) is 6.92 Å². The molecule has 0 radical (unpaired) electrons. The van der Waals surface area contributed by atoms with Crippen LogP contribution in [0.5, 0.6) is 11.5 Å². The van der Waals surface area contributed by atoms with Crippen LogP contribution in [0.2, 0.25) is 0 Å². The van der Waals surface area contributed by atoms with Crippen molar-refractivity contribution >= 4 is 34.1 Å². The van der Waals surface area contributed by atoms with Crippen LogP contribution in [0.4, 0.5) is 5.13 Å². The smallest absolute Gasteiger partial charge is 0.264 e. The summed E-state index contributed by atoms with van der Waals surface area (Å²) in [4.78, 5) is 11.9. The van der Waals surface area contributed by atoms with E-state index in [9.17, 15) is 4.79 Å². The minimum absolute atomic E-state index is 0.0775. The van der Waals surface area contributed by atoms with Gasteiger partial charge in [0.25, 0.3) is 5.91 Å². The number of carbonyl (C=O) groups is 1. The molecule has 0 aliphatic carbocycles. The third-order valence-corrected chi connectivity index (χ3v) is 4.94. The van der Waals surface area contributed by atoms with Gasteiger partial charge in [0.2, 0.25) is 5.13 Å². The van der Waals surface area contributed by atoms with Crippen LogP contribution < -0.4 is 14.8 Å². The number of hydrogen-bond donors (Lipinski definition) is 1. The first-order valence-electron chi connectivity index (χ1n) is 7.83. The zero-order valence-corrected chi connectivity index (χ0v) is 15.4. The molecule has 1 amide bonds. The highest BCUT2D eigenvalue weighted by atomic mass is 32.2. The highest BCUT2D eigenvalue weighted by Gasteiger charge is 2.09. The molecule has 0 spiro atoms. The average Bonchev–Trinajstić information content (AvgIpc) is 3.02. The lowest BCUT2D eigenvalue weighted by molar-refractivity contribution is -0.118. The van der Waals surface area contributed by atoms with Crippen LogP contribution in [0.1, 0.15) is 26.7 Å². The zero-order valence-electron chi connectivity index (χ0n) is 13.8. The molecule has 2 aromatic rings. The number of nitrogens with zero attached hydrogens (tertiary/aromatic N) is 2. The predicted octanol–water partition coefficient (Wildman–Crippen LogP) is 3.85. The van der Waals surface area contributed by atoms with Gasteiger partial charge >= 0.3 is 0 Å². The number of ether oxygens (including phenoxy) is 2. The third kappa shape index (κ3) is 6.37. The van der Waals surface area contributed by atoms with Crippen molar-refractivity contribution < 1.29 is 14.3 Å². The van der Waals surface area contributed by atoms with Crippen molar-refractivity contribution in [3.63, 3.8) is 0 Å². The van der Waals surface area contributed by atoms with E-state index in [-0.39, 0.29) is 12.5 Å². The Morgan fingerprint density at radius 1 is 1.17 bits per heavy atom. The number of benzene rings is 1. The van der Waals surface area contributed by atoms with Crippen molar-refractivity contribution in [2.75, 3.05) is 24.3 Å². The van der Waals surface area contributed by atoms with Crippen LogP contribution in [-0.2, 0) is 4.79 Å². The van der Waals surface area contributed by atoms with Gasteiger partial charge in [0.05, 0.1) is 6.61 Å². The molecule has 1 aromatic heterocycles. The molecule has 0 bridgehead atoms. The molecule has 0 aliphatic rings. The van der Waals surface area contributed by atoms with Crippen LogP contribution >= 0.6 is 23.1 Å².